The van der Waals surface area contributed by atoms with Crippen LogP contribution >= 0.6 is 0 Å². The lowest BCUT2D eigenvalue weighted by Crippen LogP contribution is -2.42. The highest BCUT2D eigenvalue weighted by Gasteiger charge is 2.45. The first kappa shape index (κ1) is 16.1. The summed E-state index contributed by atoms with van der Waals surface area (Å²) in [5.74, 6) is -0.0172. The van der Waals surface area contributed by atoms with E-state index in [1.165, 1.54) is 6.08 Å². The maximum Gasteiger partial charge on any atom is 0.182 e. The quantitative estimate of drug-likeness (QED) is 0.613. The van der Waals surface area contributed by atoms with E-state index in [2.05, 4.69) is 5.04 Å². The lowest BCUT2D eigenvalue weighted by Gasteiger charge is -2.41. The molecule has 0 fully saturated rings. The molecule has 0 radical (unpaired) electrons. The number of allylic oxidation sites excluding steroid dienone is 2. The van der Waals surface area contributed by atoms with Gasteiger partial charge in [-0.15, -0.1) is 0 Å². The van der Waals surface area contributed by atoms with Gasteiger partial charge in [0.2, 0.25) is 0 Å². The van der Waals surface area contributed by atoms with Crippen molar-refractivity contribution in [3.05, 3.63) is 23.3 Å². The molecule has 0 aliphatic heterocycles. The van der Waals surface area contributed by atoms with Gasteiger partial charge in [0.05, 0.1) is 0 Å². The highest BCUT2D eigenvalue weighted by atomic mass is 17.5. The highest BCUT2D eigenvalue weighted by Crippen LogP contribution is 2.46. The molecule has 0 bridgehead atoms. The first-order chi connectivity index (χ1) is 8.43. The molecule has 0 spiro atoms. The number of carbonyl (C=O) groups excluding carboxylic acids is 1. The number of carbonyl (C=O) groups is 1. The first-order valence-corrected chi connectivity index (χ1v) is 6.42. The molecule has 0 aromatic rings. The Morgan fingerprint density at radius 3 is 2.00 bits per heavy atom. The van der Waals surface area contributed by atoms with Crippen LogP contribution in [-0.4, -0.2) is 16.6 Å². The smallest absolute Gasteiger partial charge is 0.182 e. The van der Waals surface area contributed by atoms with Crippen LogP contribution in [0.3, 0.4) is 0 Å². The fourth-order valence-corrected chi connectivity index (χ4v) is 2.78. The van der Waals surface area contributed by atoms with E-state index in [9.17, 15) is 4.79 Å². The topological polar surface area (TPSA) is 55.8 Å². The molecule has 0 saturated heterocycles. The molecule has 1 aliphatic carbocycles. The Balaban J connectivity index is 3.60. The zero-order chi connectivity index (χ0) is 15.1. The third kappa shape index (κ3) is 3.14. The second kappa shape index (κ2) is 4.85. The first-order valence-electron chi connectivity index (χ1n) is 6.42. The van der Waals surface area contributed by atoms with E-state index in [0.717, 1.165) is 5.57 Å². The average molecular weight is 268 g/mol. The van der Waals surface area contributed by atoms with Crippen LogP contribution in [0.4, 0.5) is 0 Å². The zero-order valence-corrected chi connectivity index (χ0v) is 12.8. The third-order valence-electron chi connectivity index (χ3n) is 3.26. The van der Waals surface area contributed by atoms with Gasteiger partial charge in [-0.3, -0.25) is 4.79 Å². The Hall–Kier alpha value is -0.970. The molecular formula is C15H24O4. The van der Waals surface area contributed by atoms with Gasteiger partial charge in [0, 0.05) is 5.57 Å². The van der Waals surface area contributed by atoms with Crippen molar-refractivity contribution in [3.63, 3.8) is 0 Å². The Bertz CT molecular complexity index is 432. The molecule has 4 nitrogen and oxygen atoms in total. The SMILES string of the molecule is CC(C)(C)C1=C(C(C)(C)C)C(C)(OOO)C=CC1=O. The number of ketones is 1. The summed E-state index contributed by atoms with van der Waals surface area (Å²) < 4.78 is 0. The maximum atomic E-state index is 12.3. The Morgan fingerprint density at radius 2 is 1.63 bits per heavy atom. The normalized spacial score (nSPS) is 25.2. The summed E-state index contributed by atoms with van der Waals surface area (Å²) in [5, 5.41) is 12.6. The van der Waals surface area contributed by atoms with Crippen molar-refractivity contribution in [1.29, 1.82) is 0 Å². The summed E-state index contributed by atoms with van der Waals surface area (Å²) in [5.41, 5.74) is -0.0271. The van der Waals surface area contributed by atoms with E-state index >= 15 is 0 Å². The van der Waals surface area contributed by atoms with Crippen molar-refractivity contribution in [2.24, 2.45) is 10.8 Å². The van der Waals surface area contributed by atoms with Crippen LogP contribution in [0.25, 0.3) is 0 Å². The van der Waals surface area contributed by atoms with Gasteiger partial charge in [-0.25, -0.2) is 5.26 Å². The summed E-state index contributed by atoms with van der Waals surface area (Å²) in [6, 6.07) is 0. The minimum absolute atomic E-state index is 0.0172. The van der Waals surface area contributed by atoms with Crippen molar-refractivity contribution >= 4 is 5.78 Å². The monoisotopic (exact) mass is 268 g/mol. The van der Waals surface area contributed by atoms with Crippen molar-refractivity contribution in [2.45, 2.75) is 54.1 Å². The van der Waals surface area contributed by atoms with E-state index < -0.39 is 5.60 Å². The molecule has 19 heavy (non-hydrogen) atoms. The minimum Gasteiger partial charge on any atom is -0.290 e. The second-order valence-corrected chi connectivity index (χ2v) is 7.21. The Morgan fingerprint density at radius 1 is 1.11 bits per heavy atom. The van der Waals surface area contributed by atoms with Crippen LogP contribution < -0.4 is 0 Å². The largest absolute Gasteiger partial charge is 0.290 e. The molecular weight excluding hydrogens is 244 g/mol. The van der Waals surface area contributed by atoms with E-state index in [-0.39, 0.29) is 16.6 Å². The van der Waals surface area contributed by atoms with E-state index in [4.69, 9.17) is 10.1 Å². The lowest BCUT2D eigenvalue weighted by molar-refractivity contribution is -0.513. The minimum atomic E-state index is -0.955. The fraction of sp³-hybridized carbons (Fsp3) is 0.667. The molecule has 4 heteroatoms. The average Bonchev–Trinajstić information content (AvgIpc) is 2.18. The highest BCUT2D eigenvalue weighted by molar-refractivity contribution is 6.07. The molecule has 1 rings (SSSR count). The van der Waals surface area contributed by atoms with Crippen molar-refractivity contribution in [1.82, 2.24) is 0 Å². The summed E-state index contributed by atoms with van der Waals surface area (Å²) in [7, 11) is 0. The zero-order valence-electron chi connectivity index (χ0n) is 12.8. The molecule has 0 amide bonds. The third-order valence-corrected chi connectivity index (χ3v) is 3.26. The van der Waals surface area contributed by atoms with Crippen molar-refractivity contribution in [2.75, 3.05) is 0 Å². The van der Waals surface area contributed by atoms with E-state index in [1.54, 1.807) is 13.0 Å². The van der Waals surface area contributed by atoms with Gasteiger partial charge in [0.1, 0.15) is 5.60 Å². The molecule has 0 aromatic carbocycles. The van der Waals surface area contributed by atoms with E-state index in [1.807, 2.05) is 41.5 Å². The van der Waals surface area contributed by atoms with Crippen molar-refractivity contribution < 1.29 is 20.0 Å². The van der Waals surface area contributed by atoms with Crippen LogP contribution in [-0.2, 0) is 14.7 Å². The summed E-state index contributed by atoms with van der Waals surface area (Å²) in [6.45, 7) is 13.8. The predicted molar refractivity (Wildman–Crippen MR) is 73.3 cm³/mol. The van der Waals surface area contributed by atoms with Gasteiger partial charge in [-0.05, 0) is 35.5 Å². The predicted octanol–water partition coefficient (Wildman–Crippen LogP) is 3.69. The van der Waals surface area contributed by atoms with E-state index in [0.29, 0.717) is 5.57 Å². The van der Waals surface area contributed by atoms with Gasteiger partial charge >= 0.3 is 0 Å². The summed E-state index contributed by atoms with van der Waals surface area (Å²) in [4.78, 5) is 17.3. The molecule has 1 atom stereocenters. The molecule has 0 saturated carbocycles. The fourth-order valence-electron chi connectivity index (χ4n) is 2.78. The molecule has 108 valence electrons. The molecule has 1 unspecified atom stereocenters. The molecule has 1 N–H and O–H groups in total. The summed E-state index contributed by atoms with van der Waals surface area (Å²) >= 11 is 0. The standard InChI is InChI=1S/C15H24O4/c1-13(2,3)11-10(16)8-9-15(7,18-19-17)12(11)14(4,5)6/h8-9,17H,1-7H3. The number of rotatable bonds is 2. The number of hydrogen-bond acceptors (Lipinski definition) is 4. The molecule has 1 aliphatic rings. The van der Waals surface area contributed by atoms with Gasteiger partial charge in [0.25, 0.3) is 0 Å². The maximum absolute atomic E-state index is 12.3. The van der Waals surface area contributed by atoms with Crippen LogP contribution in [0.1, 0.15) is 48.5 Å². The lowest BCUT2D eigenvalue weighted by atomic mass is 9.65. The number of hydrogen-bond donors (Lipinski definition) is 1. The second-order valence-electron chi connectivity index (χ2n) is 7.21. The molecule has 0 heterocycles. The molecule has 0 aromatic heterocycles. The van der Waals surface area contributed by atoms with Gasteiger partial charge < -0.3 is 0 Å². The summed E-state index contributed by atoms with van der Waals surface area (Å²) in [6.07, 6.45) is 3.11. The van der Waals surface area contributed by atoms with Crippen LogP contribution in [0, 0.1) is 10.8 Å². The van der Waals surface area contributed by atoms with Crippen LogP contribution in [0.2, 0.25) is 0 Å². The van der Waals surface area contributed by atoms with Gasteiger partial charge in [0.15, 0.2) is 5.78 Å². The van der Waals surface area contributed by atoms with Crippen molar-refractivity contribution in [3.8, 4) is 0 Å². The van der Waals surface area contributed by atoms with Gasteiger partial charge in [-0.1, -0.05) is 46.6 Å². The van der Waals surface area contributed by atoms with Gasteiger partial charge in [-0.2, -0.15) is 4.89 Å². The Kier molecular flexibility index (Phi) is 4.11. The van der Waals surface area contributed by atoms with Crippen LogP contribution in [0.15, 0.2) is 23.3 Å². The van der Waals surface area contributed by atoms with Crippen LogP contribution in [0.5, 0.6) is 0 Å². The Labute approximate surface area is 115 Å².